The van der Waals surface area contributed by atoms with E-state index in [1.54, 1.807) is 13.2 Å². The molecule has 114 valence electrons. The van der Waals surface area contributed by atoms with Gasteiger partial charge in [0.05, 0.1) is 7.11 Å². The predicted molar refractivity (Wildman–Crippen MR) is 97.2 cm³/mol. The number of hydrogen-bond donors (Lipinski definition) is 0. The van der Waals surface area contributed by atoms with Crippen molar-refractivity contribution in [2.75, 3.05) is 7.11 Å². The van der Waals surface area contributed by atoms with Crippen molar-refractivity contribution >= 4 is 0 Å². The Morgan fingerprint density at radius 1 is 0.952 bits per heavy atom. The molecular formula is C20H28O. The van der Waals surface area contributed by atoms with Crippen molar-refractivity contribution in [2.45, 2.75) is 20.3 Å². The van der Waals surface area contributed by atoms with Gasteiger partial charge in [0.2, 0.25) is 0 Å². The summed E-state index contributed by atoms with van der Waals surface area (Å²) in [7, 11) is 1.62. The highest BCUT2D eigenvalue weighted by Crippen LogP contribution is 2.17. The molecule has 0 aromatic carbocycles. The van der Waals surface area contributed by atoms with Gasteiger partial charge >= 0.3 is 0 Å². The van der Waals surface area contributed by atoms with E-state index >= 15 is 0 Å². The van der Waals surface area contributed by atoms with Crippen LogP contribution in [0.1, 0.15) is 20.3 Å². The Hall–Kier alpha value is -2.28. The van der Waals surface area contributed by atoms with E-state index in [0.29, 0.717) is 5.76 Å². The van der Waals surface area contributed by atoms with Crippen LogP contribution in [0.15, 0.2) is 97.9 Å². The van der Waals surface area contributed by atoms with Crippen LogP contribution in [0.3, 0.4) is 0 Å². The molecule has 0 aromatic rings. The van der Waals surface area contributed by atoms with Crippen LogP contribution in [0.25, 0.3) is 0 Å². The summed E-state index contributed by atoms with van der Waals surface area (Å²) in [6, 6.07) is 0. The van der Waals surface area contributed by atoms with Gasteiger partial charge in [-0.2, -0.15) is 0 Å². The van der Waals surface area contributed by atoms with Crippen LogP contribution in [0, 0.1) is 0 Å². The van der Waals surface area contributed by atoms with Crippen LogP contribution in [0.5, 0.6) is 0 Å². The largest absolute Gasteiger partial charge is 0.497 e. The predicted octanol–water partition coefficient (Wildman–Crippen LogP) is 6.09. The Balaban J connectivity index is 0. The number of ether oxygens (including phenoxy) is 1. The molecule has 0 radical (unpaired) electrons. The molecule has 0 bridgehead atoms. The molecular weight excluding hydrogens is 256 g/mol. The fraction of sp³-hybridized carbons (Fsp3) is 0.200. The van der Waals surface area contributed by atoms with Crippen molar-refractivity contribution in [3.63, 3.8) is 0 Å². The molecule has 21 heavy (non-hydrogen) atoms. The Bertz CT molecular complexity index is 466. The molecule has 0 unspecified atom stereocenters. The molecule has 0 rings (SSSR count). The molecule has 0 aromatic heterocycles. The van der Waals surface area contributed by atoms with Crippen molar-refractivity contribution in [3.8, 4) is 0 Å². The molecule has 0 spiro atoms. The third kappa shape index (κ3) is 10.2. The minimum Gasteiger partial charge on any atom is -0.497 e. The summed E-state index contributed by atoms with van der Waals surface area (Å²) < 4.78 is 5.17. The van der Waals surface area contributed by atoms with Gasteiger partial charge in [-0.05, 0) is 20.3 Å². The van der Waals surface area contributed by atoms with Crippen LogP contribution in [-0.2, 0) is 4.74 Å². The van der Waals surface area contributed by atoms with E-state index in [1.807, 2.05) is 38.2 Å². The van der Waals surface area contributed by atoms with Crippen LogP contribution in [0.4, 0.5) is 0 Å². The standard InChI is InChI=1S/C18H24O.C2H4/c1-8-9-10-15(4)13-16(5)11-12-18(14(2)3)17(6)19-7;1-2/h8-12H,1,4-6,13H2,2-3,7H3;1-2H2/b10-9-,12-11-;. The highest BCUT2D eigenvalue weighted by molar-refractivity contribution is 5.41. The Morgan fingerprint density at radius 2 is 1.48 bits per heavy atom. The van der Waals surface area contributed by atoms with E-state index in [0.717, 1.165) is 28.7 Å². The summed E-state index contributed by atoms with van der Waals surface area (Å²) >= 11 is 0. The lowest BCUT2D eigenvalue weighted by atomic mass is 10.0. The first-order valence-corrected chi connectivity index (χ1v) is 6.65. The monoisotopic (exact) mass is 284 g/mol. The normalized spacial score (nSPS) is 9.67. The lowest BCUT2D eigenvalue weighted by Gasteiger charge is -2.08. The van der Waals surface area contributed by atoms with E-state index in [9.17, 15) is 0 Å². The second kappa shape index (κ2) is 12.7. The number of rotatable bonds is 8. The Labute approximate surface area is 130 Å². The SMILES string of the molecule is C=C.C=C/C=C\C(=C)CC(=C)/C=C\C(C(=C)OC)=C(C)C. The summed E-state index contributed by atoms with van der Waals surface area (Å²) in [4.78, 5) is 0. The van der Waals surface area contributed by atoms with Crippen molar-refractivity contribution < 1.29 is 4.74 Å². The molecule has 0 aliphatic carbocycles. The molecule has 0 aliphatic rings. The second-order valence-electron chi connectivity index (χ2n) is 4.46. The molecule has 1 heteroatoms. The lowest BCUT2D eigenvalue weighted by Crippen LogP contribution is -1.91. The average Bonchev–Trinajstić information content (AvgIpc) is 2.46. The summed E-state index contributed by atoms with van der Waals surface area (Å²) in [5.41, 5.74) is 4.14. The first kappa shape index (κ1) is 21.0. The van der Waals surface area contributed by atoms with E-state index in [-0.39, 0.29) is 0 Å². The maximum atomic E-state index is 5.17. The summed E-state index contributed by atoms with van der Waals surface area (Å²) in [6.45, 7) is 25.5. The van der Waals surface area contributed by atoms with Gasteiger partial charge in [0.1, 0.15) is 5.76 Å². The number of methoxy groups -OCH3 is 1. The van der Waals surface area contributed by atoms with Crippen molar-refractivity contribution in [2.24, 2.45) is 0 Å². The fourth-order valence-electron chi connectivity index (χ4n) is 1.46. The van der Waals surface area contributed by atoms with Crippen LogP contribution >= 0.6 is 0 Å². The molecule has 0 N–H and O–H groups in total. The third-order valence-corrected chi connectivity index (χ3v) is 2.49. The van der Waals surface area contributed by atoms with Crippen molar-refractivity contribution in [1.82, 2.24) is 0 Å². The van der Waals surface area contributed by atoms with Gasteiger partial charge in [-0.3, -0.25) is 0 Å². The summed E-state index contributed by atoms with van der Waals surface area (Å²) in [5, 5.41) is 0. The minimum atomic E-state index is 0.662. The molecule has 0 fully saturated rings. The molecule has 0 saturated heterocycles. The van der Waals surface area contributed by atoms with Crippen molar-refractivity contribution in [3.05, 3.63) is 97.9 Å². The van der Waals surface area contributed by atoms with Gasteiger partial charge < -0.3 is 4.74 Å². The Morgan fingerprint density at radius 3 is 1.90 bits per heavy atom. The number of hydrogen-bond acceptors (Lipinski definition) is 1. The van der Waals surface area contributed by atoms with E-state index < -0.39 is 0 Å². The quantitative estimate of drug-likeness (QED) is 0.298. The first-order valence-electron chi connectivity index (χ1n) is 6.65. The van der Waals surface area contributed by atoms with Gasteiger partial charge in [0.25, 0.3) is 0 Å². The maximum Gasteiger partial charge on any atom is 0.118 e. The molecule has 0 amide bonds. The first-order chi connectivity index (χ1) is 9.92. The van der Waals surface area contributed by atoms with Gasteiger partial charge in [-0.15, -0.1) is 13.2 Å². The lowest BCUT2D eigenvalue weighted by molar-refractivity contribution is 0.304. The highest BCUT2D eigenvalue weighted by atomic mass is 16.5. The summed E-state index contributed by atoms with van der Waals surface area (Å²) in [6.07, 6.45) is 10.2. The van der Waals surface area contributed by atoms with Crippen LogP contribution in [-0.4, -0.2) is 7.11 Å². The molecule has 1 nitrogen and oxygen atoms in total. The molecule has 0 saturated carbocycles. The van der Waals surface area contributed by atoms with E-state index in [1.165, 1.54) is 0 Å². The van der Waals surface area contributed by atoms with Crippen molar-refractivity contribution in [1.29, 1.82) is 0 Å². The zero-order chi connectivity index (χ0) is 16.8. The maximum absolute atomic E-state index is 5.17. The van der Waals surface area contributed by atoms with Gasteiger partial charge in [0.15, 0.2) is 0 Å². The smallest absolute Gasteiger partial charge is 0.118 e. The average molecular weight is 284 g/mol. The Kier molecular flexibility index (Phi) is 12.8. The minimum absolute atomic E-state index is 0.662. The highest BCUT2D eigenvalue weighted by Gasteiger charge is 2.01. The van der Waals surface area contributed by atoms with Crippen LogP contribution < -0.4 is 0 Å². The topological polar surface area (TPSA) is 9.23 Å². The fourth-order valence-corrected chi connectivity index (χ4v) is 1.46. The third-order valence-electron chi connectivity index (χ3n) is 2.49. The van der Waals surface area contributed by atoms with Crippen LogP contribution in [0.2, 0.25) is 0 Å². The second-order valence-corrected chi connectivity index (χ2v) is 4.46. The summed E-state index contributed by atoms with van der Waals surface area (Å²) in [5.74, 6) is 0.662. The molecule has 0 atom stereocenters. The van der Waals surface area contributed by atoms with Gasteiger partial charge in [-0.25, -0.2) is 0 Å². The van der Waals surface area contributed by atoms with E-state index in [4.69, 9.17) is 4.74 Å². The van der Waals surface area contributed by atoms with Gasteiger partial charge in [-0.1, -0.05) is 73.4 Å². The zero-order valence-electron chi connectivity index (χ0n) is 13.7. The molecule has 0 aliphatic heterocycles. The molecule has 0 heterocycles. The van der Waals surface area contributed by atoms with Gasteiger partial charge in [0, 0.05) is 5.57 Å². The number of allylic oxidation sites excluding steroid dienone is 8. The van der Waals surface area contributed by atoms with E-state index in [2.05, 4.69) is 39.5 Å². The zero-order valence-corrected chi connectivity index (χ0v) is 13.7.